The van der Waals surface area contributed by atoms with Crippen molar-refractivity contribution in [2.45, 2.75) is 92.4 Å². The Labute approximate surface area is 126 Å². The molecule has 0 bridgehead atoms. The van der Waals surface area contributed by atoms with Crippen molar-refractivity contribution in [1.29, 1.82) is 0 Å². The third-order valence-electron chi connectivity index (χ3n) is 3.41. The molecule has 118 valence electrons. The van der Waals surface area contributed by atoms with Gasteiger partial charge in [-0.25, -0.2) is 5.09 Å². The first-order valence-corrected chi connectivity index (χ1v) is 8.77. The number of quaternary nitrogens is 1. The van der Waals surface area contributed by atoms with Gasteiger partial charge in [0.25, 0.3) is 0 Å². The van der Waals surface area contributed by atoms with Gasteiger partial charge in [-0.15, -0.1) is 4.36 Å². The van der Waals surface area contributed by atoms with Crippen LogP contribution in [0.15, 0.2) is 10.4 Å². The van der Waals surface area contributed by atoms with Crippen LogP contribution in [0.25, 0.3) is 0 Å². The maximum absolute atomic E-state index is 4.78. The fraction of sp³-hybridized carbons (Fsp3) is 1.00. The molecule has 1 rings (SSSR count). The van der Waals surface area contributed by atoms with Crippen LogP contribution in [0.5, 0.6) is 0 Å². The summed E-state index contributed by atoms with van der Waals surface area (Å²) < 4.78 is 2.84. The smallest absolute Gasteiger partial charge is 0.224 e. The van der Waals surface area contributed by atoms with Gasteiger partial charge in [-0.2, -0.15) is 4.78 Å². The molecule has 0 aliphatic carbocycles. The van der Waals surface area contributed by atoms with E-state index >= 15 is 0 Å². The van der Waals surface area contributed by atoms with Gasteiger partial charge in [0.05, 0.1) is 10.8 Å². The molecule has 0 aromatic carbocycles. The van der Waals surface area contributed by atoms with Gasteiger partial charge in [0.15, 0.2) is 0 Å². The number of nitrogens with one attached hydrogen (secondary N) is 1. The summed E-state index contributed by atoms with van der Waals surface area (Å²) in [6.45, 7) is 22.3. The van der Waals surface area contributed by atoms with Crippen LogP contribution in [-0.4, -0.2) is 32.3 Å². The molecule has 1 aliphatic rings. The van der Waals surface area contributed by atoms with Crippen molar-refractivity contribution in [2.24, 2.45) is 10.4 Å². The van der Waals surface area contributed by atoms with Crippen molar-refractivity contribution >= 4 is 8.37 Å². The first-order chi connectivity index (χ1) is 8.84. The predicted octanol–water partition coefficient (Wildman–Crippen LogP) is 4.63. The van der Waals surface area contributed by atoms with Crippen LogP contribution >= 0.6 is 8.37 Å². The maximum Gasteiger partial charge on any atom is 0.347 e. The zero-order valence-corrected chi connectivity index (χ0v) is 15.8. The van der Waals surface area contributed by atoms with Crippen LogP contribution < -0.4 is 5.09 Å². The minimum atomic E-state index is -0.724. The van der Waals surface area contributed by atoms with E-state index in [4.69, 9.17) is 5.22 Å². The third kappa shape index (κ3) is 3.00. The van der Waals surface area contributed by atoms with Gasteiger partial charge in [-0.3, -0.25) is 0 Å². The fourth-order valence-corrected chi connectivity index (χ4v) is 5.41. The van der Waals surface area contributed by atoms with Crippen molar-refractivity contribution in [1.82, 2.24) is 9.87 Å². The van der Waals surface area contributed by atoms with E-state index in [1.165, 1.54) is 0 Å². The third-order valence-corrected chi connectivity index (χ3v) is 6.92. The lowest BCUT2D eigenvalue weighted by molar-refractivity contribution is -0.887. The van der Waals surface area contributed by atoms with Gasteiger partial charge in [-0.1, -0.05) is 0 Å². The van der Waals surface area contributed by atoms with Gasteiger partial charge in [0.2, 0.25) is 0 Å². The van der Waals surface area contributed by atoms with Crippen LogP contribution in [0, 0.1) is 0 Å². The second kappa shape index (κ2) is 5.51. The Morgan fingerprint density at radius 3 is 1.80 bits per heavy atom. The quantitative estimate of drug-likeness (QED) is 0.772. The SMILES string of the molecule is CC(C)NP1N(C(C)(C)C)N=N[N+]1(C(C)C)C(C)(C)C. The largest absolute Gasteiger partial charge is 0.347 e. The highest BCUT2D eigenvalue weighted by Crippen LogP contribution is 2.62. The lowest BCUT2D eigenvalue weighted by Gasteiger charge is -2.47. The van der Waals surface area contributed by atoms with Crippen LogP contribution in [0.4, 0.5) is 0 Å². The highest BCUT2D eigenvalue weighted by molar-refractivity contribution is 7.47. The van der Waals surface area contributed by atoms with Crippen LogP contribution in [0.1, 0.15) is 69.2 Å². The van der Waals surface area contributed by atoms with E-state index in [2.05, 4.69) is 84.3 Å². The molecule has 0 saturated carbocycles. The van der Waals surface area contributed by atoms with E-state index in [1.54, 1.807) is 0 Å². The molecule has 0 radical (unpaired) electrons. The van der Waals surface area contributed by atoms with Crippen LogP contribution in [0.3, 0.4) is 0 Å². The molecule has 1 aliphatic heterocycles. The normalized spacial score (nSPS) is 28.0. The number of hydrogen-bond donors (Lipinski definition) is 1. The molecule has 2 unspecified atom stereocenters. The Bertz CT molecular complexity index is 367. The Balaban J connectivity index is 3.34. The summed E-state index contributed by atoms with van der Waals surface area (Å²) in [6, 6.07) is 0.788. The maximum atomic E-state index is 4.78. The molecule has 0 aromatic heterocycles. The molecule has 0 amide bonds. The number of rotatable bonds is 3. The van der Waals surface area contributed by atoms with Crippen molar-refractivity contribution in [3.8, 4) is 0 Å². The van der Waals surface area contributed by atoms with E-state index in [1.807, 2.05) is 0 Å². The molecule has 0 spiro atoms. The molecule has 1 heterocycles. The zero-order valence-electron chi connectivity index (χ0n) is 14.9. The van der Waals surface area contributed by atoms with Crippen molar-refractivity contribution in [3.05, 3.63) is 0 Å². The molecule has 1 N–H and O–H groups in total. The van der Waals surface area contributed by atoms with E-state index in [9.17, 15) is 0 Å². The van der Waals surface area contributed by atoms with Gasteiger partial charge in [0.1, 0.15) is 11.6 Å². The summed E-state index contributed by atoms with van der Waals surface area (Å²) in [6.07, 6.45) is 0. The molecular weight excluding hydrogens is 269 g/mol. The standard InChI is InChI=1S/C14H33N5P/c1-11(2)15-20-18(13(5,6)7)16-17-19(20,12(3)4)14(8,9)10/h11-12,15H,1-10H3/q+1. The van der Waals surface area contributed by atoms with Crippen molar-refractivity contribution in [3.63, 3.8) is 0 Å². The minimum absolute atomic E-state index is 0.00522. The van der Waals surface area contributed by atoms with E-state index in [-0.39, 0.29) is 11.1 Å². The van der Waals surface area contributed by atoms with Crippen LogP contribution in [-0.2, 0) is 0 Å². The molecule has 20 heavy (non-hydrogen) atoms. The average molecular weight is 302 g/mol. The monoisotopic (exact) mass is 302 g/mol. The Morgan fingerprint density at radius 1 is 1.00 bits per heavy atom. The van der Waals surface area contributed by atoms with Crippen molar-refractivity contribution in [2.75, 3.05) is 0 Å². The molecule has 0 fully saturated rings. The topological polar surface area (TPSA) is 40.0 Å². The van der Waals surface area contributed by atoms with E-state index < -0.39 is 8.37 Å². The lowest BCUT2D eigenvalue weighted by atomic mass is 10.1. The molecule has 2 atom stereocenters. The first-order valence-electron chi connectivity index (χ1n) is 7.53. The predicted molar refractivity (Wildman–Crippen MR) is 86.8 cm³/mol. The Morgan fingerprint density at radius 2 is 1.50 bits per heavy atom. The van der Waals surface area contributed by atoms with Crippen LogP contribution in [0.2, 0.25) is 0 Å². The van der Waals surface area contributed by atoms with Gasteiger partial charge < -0.3 is 0 Å². The second-order valence-corrected chi connectivity index (χ2v) is 9.95. The minimum Gasteiger partial charge on any atom is -0.224 e. The molecule has 0 aromatic rings. The Kier molecular flexibility index (Phi) is 4.90. The fourth-order valence-electron chi connectivity index (χ4n) is 2.61. The first kappa shape index (κ1) is 17.8. The average Bonchev–Trinajstić information content (AvgIpc) is 2.54. The van der Waals surface area contributed by atoms with Gasteiger partial charge in [0, 0.05) is 6.04 Å². The van der Waals surface area contributed by atoms with E-state index in [0.717, 1.165) is 0 Å². The number of nitrogens with zero attached hydrogens (tertiary/aromatic N) is 4. The van der Waals surface area contributed by atoms with Gasteiger partial charge >= 0.3 is 8.37 Å². The summed E-state index contributed by atoms with van der Waals surface area (Å²) in [5.41, 5.74) is -0.0253. The highest BCUT2D eigenvalue weighted by atomic mass is 31.2. The van der Waals surface area contributed by atoms with E-state index in [0.29, 0.717) is 16.4 Å². The highest BCUT2D eigenvalue weighted by Gasteiger charge is 2.61. The zero-order chi connectivity index (χ0) is 15.9. The molecular formula is C14H33N5P+. The summed E-state index contributed by atoms with van der Waals surface area (Å²) in [5, 5.41) is 13.1. The Hall–Kier alpha value is -0.250. The molecule has 6 heteroatoms. The lowest BCUT2D eigenvalue weighted by Crippen LogP contribution is -2.59. The molecule has 0 saturated heterocycles. The number of hydrogen-bond acceptors (Lipinski definition) is 4. The van der Waals surface area contributed by atoms with Crippen molar-refractivity contribution < 1.29 is 4.36 Å². The summed E-state index contributed by atoms with van der Waals surface area (Å²) in [5.74, 6) is 0. The van der Waals surface area contributed by atoms with Gasteiger partial charge in [-0.05, 0) is 74.5 Å². The second-order valence-electron chi connectivity index (χ2n) is 8.13. The molecule has 5 nitrogen and oxygen atoms in total. The summed E-state index contributed by atoms with van der Waals surface area (Å²) in [7, 11) is -0.724. The summed E-state index contributed by atoms with van der Waals surface area (Å²) >= 11 is 0. The summed E-state index contributed by atoms with van der Waals surface area (Å²) in [4.78, 5) is 0.